The SMILES string of the molecule is CC(C)(C)OC(=O)N1CCC(c2cccc(-c3cccc(Nc4cc(C(F)(F)F)ccn4)n3)c2)CC1. The van der Waals surface area contributed by atoms with Crippen LogP contribution in [0.15, 0.2) is 60.8 Å². The highest BCUT2D eigenvalue weighted by atomic mass is 19.4. The summed E-state index contributed by atoms with van der Waals surface area (Å²) in [6.07, 6.45) is -1.94. The zero-order chi connectivity index (χ0) is 25.9. The molecule has 190 valence electrons. The topological polar surface area (TPSA) is 67.3 Å². The van der Waals surface area contributed by atoms with E-state index in [2.05, 4.69) is 27.4 Å². The first-order chi connectivity index (χ1) is 17.0. The maximum Gasteiger partial charge on any atom is 0.416 e. The molecule has 1 saturated heterocycles. The molecule has 0 spiro atoms. The standard InChI is InChI=1S/C27H29F3N4O2/c1-26(2,3)36-25(35)34-14-11-18(12-15-34)19-6-4-7-20(16-19)22-8-5-9-23(32-22)33-24-17-21(10-13-31-24)27(28,29)30/h4-10,13,16-18H,11-12,14-15H2,1-3H3,(H,31,32,33). The van der Waals surface area contributed by atoms with Crippen molar-refractivity contribution in [2.24, 2.45) is 0 Å². The Morgan fingerprint density at radius 2 is 1.72 bits per heavy atom. The minimum atomic E-state index is -4.45. The second kappa shape index (κ2) is 10.2. The lowest BCUT2D eigenvalue weighted by molar-refractivity contribution is -0.137. The molecule has 0 bridgehead atoms. The van der Waals surface area contributed by atoms with Crippen LogP contribution < -0.4 is 5.32 Å². The molecular weight excluding hydrogens is 469 g/mol. The van der Waals surface area contributed by atoms with E-state index in [0.717, 1.165) is 42.3 Å². The fourth-order valence-corrected chi connectivity index (χ4v) is 4.15. The van der Waals surface area contributed by atoms with E-state index in [1.54, 1.807) is 17.0 Å². The lowest BCUT2D eigenvalue weighted by Crippen LogP contribution is -2.41. The van der Waals surface area contributed by atoms with Crippen molar-refractivity contribution in [1.82, 2.24) is 14.9 Å². The second-order valence-electron chi connectivity index (χ2n) is 9.83. The smallest absolute Gasteiger partial charge is 0.416 e. The van der Waals surface area contributed by atoms with Gasteiger partial charge in [0.05, 0.1) is 11.3 Å². The zero-order valence-corrected chi connectivity index (χ0v) is 20.5. The fourth-order valence-electron chi connectivity index (χ4n) is 4.15. The summed E-state index contributed by atoms with van der Waals surface area (Å²) >= 11 is 0. The van der Waals surface area contributed by atoms with Crippen LogP contribution in [-0.4, -0.2) is 39.7 Å². The predicted molar refractivity (Wildman–Crippen MR) is 132 cm³/mol. The lowest BCUT2D eigenvalue weighted by Gasteiger charge is -2.33. The molecule has 1 aliphatic heterocycles. The number of amides is 1. The fraction of sp³-hybridized carbons (Fsp3) is 0.370. The molecular formula is C27H29F3N4O2. The Bertz CT molecular complexity index is 1220. The molecule has 0 radical (unpaired) electrons. The molecule has 0 atom stereocenters. The number of alkyl halides is 3. The van der Waals surface area contributed by atoms with Crippen LogP contribution in [0.1, 0.15) is 50.7 Å². The lowest BCUT2D eigenvalue weighted by atomic mass is 9.88. The molecule has 0 saturated carbocycles. The summed E-state index contributed by atoms with van der Waals surface area (Å²) in [5, 5.41) is 2.86. The number of rotatable bonds is 4. The Kier molecular flexibility index (Phi) is 7.19. The van der Waals surface area contributed by atoms with Gasteiger partial charge >= 0.3 is 12.3 Å². The van der Waals surface area contributed by atoms with Gasteiger partial charge in [0.15, 0.2) is 0 Å². The largest absolute Gasteiger partial charge is 0.444 e. The van der Waals surface area contributed by atoms with Crippen LogP contribution in [0.25, 0.3) is 11.3 Å². The third kappa shape index (κ3) is 6.53. The molecule has 6 nitrogen and oxygen atoms in total. The summed E-state index contributed by atoms with van der Waals surface area (Å²) in [7, 11) is 0. The number of hydrogen-bond donors (Lipinski definition) is 1. The van der Waals surface area contributed by atoms with Crippen molar-refractivity contribution in [2.45, 2.75) is 51.3 Å². The number of carbonyl (C=O) groups excluding carboxylic acids is 1. The highest BCUT2D eigenvalue weighted by molar-refractivity contribution is 5.68. The van der Waals surface area contributed by atoms with Crippen LogP contribution in [0.4, 0.5) is 29.6 Å². The Labute approximate surface area is 208 Å². The van der Waals surface area contributed by atoms with Crippen molar-refractivity contribution in [3.63, 3.8) is 0 Å². The van der Waals surface area contributed by atoms with E-state index in [4.69, 9.17) is 4.74 Å². The van der Waals surface area contributed by atoms with Crippen molar-refractivity contribution < 1.29 is 22.7 Å². The Morgan fingerprint density at radius 1 is 1.00 bits per heavy atom. The molecule has 3 aromatic rings. The Hall–Kier alpha value is -3.62. The third-order valence-corrected chi connectivity index (χ3v) is 5.89. The van der Waals surface area contributed by atoms with E-state index < -0.39 is 17.3 Å². The Morgan fingerprint density at radius 3 is 2.42 bits per heavy atom. The Balaban J connectivity index is 1.45. The van der Waals surface area contributed by atoms with Crippen LogP contribution in [0.5, 0.6) is 0 Å². The summed E-state index contributed by atoms with van der Waals surface area (Å²) < 4.78 is 44.5. The van der Waals surface area contributed by atoms with Crippen molar-refractivity contribution in [1.29, 1.82) is 0 Å². The summed E-state index contributed by atoms with van der Waals surface area (Å²) in [4.78, 5) is 22.7. The molecule has 0 unspecified atom stereocenters. The van der Waals surface area contributed by atoms with E-state index in [1.165, 1.54) is 0 Å². The van der Waals surface area contributed by atoms with Crippen LogP contribution in [0, 0.1) is 0 Å². The van der Waals surface area contributed by atoms with E-state index in [0.29, 0.717) is 30.5 Å². The van der Waals surface area contributed by atoms with Gasteiger partial charge in [0.25, 0.3) is 0 Å². The number of aromatic nitrogens is 2. The number of likely N-dealkylation sites (tertiary alicyclic amines) is 1. The molecule has 2 aromatic heterocycles. The highest BCUT2D eigenvalue weighted by Crippen LogP contribution is 2.32. The van der Waals surface area contributed by atoms with E-state index in [1.807, 2.05) is 39.0 Å². The molecule has 1 fully saturated rings. The molecule has 1 aliphatic rings. The minimum absolute atomic E-state index is 0.0694. The number of halogens is 3. The molecule has 36 heavy (non-hydrogen) atoms. The molecule has 9 heteroatoms. The van der Waals surface area contributed by atoms with Crippen molar-refractivity contribution in [2.75, 3.05) is 18.4 Å². The predicted octanol–water partition coefficient (Wildman–Crippen LogP) is 7.02. The second-order valence-corrected chi connectivity index (χ2v) is 9.83. The van der Waals surface area contributed by atoms with Crippen molar-refractivity contribution in [3.05, 3.63) is 71.9 Å². The molecule has 4 rings (SSSR count). The normalized spacial score (nSPS) is 15.0. The quantitative estimate of drug-likeness (QED) is 0.419. The average Bonchev–Trinajstić information content (AvgIpc) is 2.83. The number of pyridine rings is 2. The van der Waals surface area contributed by atoms with Crippen molar-refractivity contribution >= 4 is 17.7 Å². The van der Waals surface area contributed by atoms with Gasteiger partial charge in [0.2, 0.25) is 0 Å². The van der Waals surface area contributed by atoms with Gasteiger partial charge in [-0.25, -0.2) is 14.8 Å². The van der Waals surface area contributed by atoms with Gasteiger partial charge in [0.1, 0.15) is 17.2 Å². The number of anilines is 2. The first kappa shape index (κ1) is 25.5. The van der Waals surface area contributed by atoms with Gasteiger partial charge < -0.3 is 15.0 Å². The maximum absolute atomic E-state index is 13.0. The molecule has 1 aromatic carbocycles. The molecule has 3 heterocycles. The van der Waals surface area contributed by atoms with Crippen molar-refractivity contribution in [3.8, 4) is 11.3 Å². The van der Waals surface area contributed by atoms with Gasteiger partial charge in [-0.15, -0.1) is 0 Å². The molecule has 1 amide bonds. The first-order valence-electron chi connectivity index (χ1n) is 11.8. The van der Waals surface area contributed by atoms with Crippen LogP contribution in [-0.2, 0) is 10.9 Å². The average molecular weight is 499 g/mol. The van der Waals surface area contributed by atoms with E-state index >= 15 is 0 Å². The van der Waals surface area contributed by atoms with Gasteiger partial charge in [-0.1, -0.05) is 24.3 Å². The van der Waals surface area contributed by atoms with Gasteiger partial charge in [-0.2, -0.15) is 13.2 Å². The summed E-state index contributed by atoms with van der Waals surface area (Å²) in [6, 6.07) is 15.3. The number of piperidine rings is 1. The third-order valence-electron chi connectivity index (χ3n) is 5.89. The van der Waals surface area contributed by atoms with E-state index in [9.17, 15) is 18.0 Å². The minimum Gasteiger partial charge on any atom is -0.444 e. The van der Waals surface area contributed by atoms with Crippen LogP contribution >= 0.6 is 0 Å². The molecule has 1 N–H and O–H groups in total. The number of hydrogen-bond acceptors (Lipinski definition) is 5. The van der Waals surface area contributed by atoms with E-state index in [-0.39, 0.29) is 11.9 Å². The van der Waals surface area contributed by atoms with Gasteiger partial charge in [-0.05, 0) is 75.4 Å². The number of nitrogens with zero attached hydrogens (tertiary/aromatic N) is 3. The number of carbonyl (C=O) groups is 1. The maximum atomic E-state index is 13.0. The monoisotopic (exact) mass is 498 g/mol. The van der Waals surface area contributed by atoms with Crippen LogP contribution in [0.2, 0.25) is 0 Å². The number of ether oxygens (including phenoxy) is 1. The summed E-state index contributed by atoms with van der Waals surface area (Å²) in [6.45, 7) is 6.84. The summed E-state index contributed by atoms with van der Waals surface area (Å²) in [5.41, 5.74) is 1.47. The zero-order valence-electron chi connectivity index (χ0n) is 20.5. The number of nitrogens with one attached hydrogen (secondary N) is 1. The summed E-state index contributed by atoms with van der Waals surface area (Å²) in [5.74, 6) is 0.773. The van der Waals surface area contributed by atoms with Gasteiger partial charge in [0, 0.05) is 24.8 Å². The first-order valence-corrected chi connectivity index (χ1v) is 11.8. The highest BCUT2D eigenvalue weighted by Gasteiger charge is 2.31. The van der Waals surface area contributed by atoms with Gasteiger partial charge in [-0.3, -0.25) is 0 Å². The van der Waals surface area contributed by atoms with Crippen LogP contribution in [0.3, 0.4) is 0 Å². The number of benzene rings is 1. The molecule has 0 aliphatic carbocycles.